The van der Waals surface area contributed by atoms with Crippen LogP contribution in [-0.2, 0) is 18.7 Å². The summed E-state index contributed by atoms with van der Waals surface area (Å²) in [5.41, 5.74) is 0. The summed E-state index contributed by atoms with van der Waals surface area (Å²) >= 11 is 0. The van der Waals surface area contributed by atoms with Gasteiger partial charge in [-0.15, -0.1) is 9.42 Å². The Hall–Kier alpha value is -0.920. The highest BCUT2D eigenvalue weighted by Gasteiger charge is 2.35. The first-order valence-electron chi connectivity index (χ1n) is 4.26. The minimum atomic E-state index is -3.06. The Morgan fingerprint density at radius 3 is 2.50 bits per heavy atom. The molecule has 4 N–H and O–H groups in total. The second kappa shape index (κ2) is 7.37. The van der Waals surface area contributed by atoms with Gasteiger partial charge in [-0.1, -0.05) is 0 Å². The third kappa shape index (κ3) is 5.24. The predicted octanol–water partition coefficient (Wildman–Crippen LogP) is -1.92. The highest BCUT2D eigenvalue weighted by Crippen LogP contribution is 2.19. The lowest BCUT2D eigenvalue weighted by atomic mass is 10.1. The van der Waals surface area contributed by atoms with Gasteiger partial charge in [-0.05, 0) is 0 Å². The molecule has 0 aliphatic heterocycles. The fraction of sp³-hybridized carbons (Fsp3) is 0.714. The van der Waals surface area contributed by atoms with E-state index in [1.807, 2.05) is 0 Å². The second-order valence-corrected chi connectivity index (χ2v) is 3.61. The van der Waals surface area contributed by atoms with Gasteiger partial charge in [-0.3, -0.25) is 4.79 Å². The van der Waals surface area contributed by atoms with Crippen LogP contribution in [0.2, 0.25) is 0 Å². The number of aliphatic hydroxyl groups is 2. The van der Waals surface area contributed by atoms with Crippen molar-refractivity contribution >= 4 is 20.4 Å². The van der Waals surface area contributed by atoms with Crippen LogP contribution in [0.1, 0.15) is 6.92 Å². The predicted molar refractivity (Wildman–Crippen MR) is 51.5 cm³/mol. The number of rotatable bonds is 7. The molecule has 0 saturated carbocycles. The van der Waals surface area contributed by atoms with Crippen LogP contribution in [0, 0.1) is 0 Å². The van der Waals surface area contributed by atoms with Crippen molar-refractivity contribution in [3.05, 3.63) is 0 Å². The summed E-state index contributed by atoms with van der Waals surface area (Å²) in [6, 6.07) is -1.15. The maximum atomic E-state index is 10.7. The Morgan fingerprint density at radius 2 is 2.19 bits per heavy atom. The Bertz CT molecular complexity index is 271. The fourth-order valence-corrected chi connectivity index (χ4v) is 1.38. The molecule has 0 fully saturated rings. The summed E-state index contributed by atoms with van der Waals surface area (Å²) in [6.45, 7) is 0.509. The molecule has 92 valence electrons. The Morgan fingerprint density at radius 1 is 1.62 bits per heavy atom. The molecule has 0 aliphatic rings. The molecule has 1 amide bonds. The molecule has 0 radical (unpaired) electrons. The van der Waals surface area contributed by atoms with Gasteiger partial charge >= 0.3 is 8.25 Å². The molecule has 0 aromatic heterocycles. The molecule has 0 heterocycles. The highest BCUT2D eigenvalue weighted by atomic mass is 31.1. The third-order valence-electron chi connectivity index (χ3n) is 1.68. The summed E-state index contributed by atoms with van der Waals surface area (Å²) < 4.78 is 14.5. The van der Waals surface area contributed by atoms with Crippen molar-refractivity contribution in [3.63, 3.8) is 0 Å². The molecule has 4 unspecified atom stereocenters. The Kier molecular flexibility index (Phi) is 6.95. The zero-order valence-electron chi connectivity index (χ0n) is 8.44. The molecule has 0 bridgehead atoms. The van der Waals surface area contributed by atoms with Crippen molar-refractivity contribution in [2.75, 3.05) is 6.61 Å². The Labute approximate surface area is 92.2 Å². The van der Waals surface area contributed by atoms with Crippen LogP contribution in [0.5, 0.6) is 0 Å². The van der Waals surface area contributed by atoms with Gasteiger partial charge in [0.25, 0.3) is 0 Å². The molecule has 0 rings (SSSR count). The van der Waals surface area contributed by atoms with Crippen LogP contribution in [0.15, 0.2) is 0 Å². The quantitative estimate of drug-likeness (QED) is 0.307. The van der Waals surface area contributed by atoms with E-state index in [9.17, 15) is 19.3 Å². The number of aldehydes is 1. The van der Waals surface area contributed by atoms with Crippen LogP contribution < -0.4 is 5.32 Å². The molecule has 0 spiro atoms. The average molecular weight is 254 g/mol. The van der Waals surface area contributed by atoms with Gasteiger partial charge in [-0.25, -0.2) is 0 Å². The van der Waals surface area contributed by atoms with Crippen LogP contribution in [0.3, 0.4) is 0 Å². The van der Waals surface area contributed by atoms with Crippen molar-refractivity contribution in [1.82, 2.24) is 5.32 Å². The van der Waals surface area contributed by atoms with Crippen LogP contribution in [-0.4, -0.2) is 52.2 Å². The van der Waals surface area contributed by atoms with Crippen LogP contribution in [0.4, 0.5) is 0 Å². The van der Waals surface area contributed by atoms with Crippen LogP contribution >= 0.6 is 8.25 Å². The van der Waals surface area contributed by atoms with E-state index in [1.165, 1.54) is 0 Å². The number of hydrogen-bond acceptors (Lipinski definition) is 6. The minimum absolute atomic E-state index is 0.110. The molecule has 4 atom stereocenters. The second-order valence-electron chi connectivity index (χ2n) is 2.92. The van der Waals surface area contributed by atoms with Gasteiger partial charge in [0.2, 0.25) is 5.91 Å². The van der Waals surface area contributed by atoms with E-state index in [0.29, 0.717) is 0 Å². The molecule has 8 nitrogen and oxygen atoms in total. The topological polar surface area (TPSA) is 133 Å². The normalized spacial score (nSPS) is 17.1. The van der Waals surface area contributed by atoms with Crippen molar-refractivity contribution in [1.29, 1.82) is 0 Å². The van der Waals surface area contributed by atoms with Crippen molar-refractivity contribution in [2.24, 2.45) is 0 Å². The van der Waals surface area contributed by atoms with E-state index in [1.54, 1.807) is 0 Å². The molecule has 0 aromatic carbocycles. The number of carbonyl (C=O) groups excluding carboxylic acids is 2. The summed E-state index contributed by atoms with van der Waals surface area (Å²) in [5, 5.41) is 20.5. The largest absolute Gasteiger partial charge is 0.695 e. The standard InChI is InChI=1S/C7H12NO7P/c1-4(11)8-5(2-9)7(12)6(3-10)15-16(13)14/h3,5-7,9,12H,2H2,1H3,(H-,8,11,13,14)/p+1. The van der Waals surface area contributed by atoms with Crippen molar-refractivity contribution < 1.29 is 33.8 Å². The van der Waals surface area contributed by atoms with Gasteiger partial charge in [0.15, 0.2) is 12.4 Å². The third-order valence-corrected chi connectivity index (χ3v) is 2.10. The van der Waals surface area contributed by atoms with Gasteiger partial charge in [0.1, 0.15) is 6.10 Å². The van der Waals surface area contributed by atoms with Crippen molar-refractivity contribution in [2.45, 2.75) is 25.2 Å². The first kappa shape index (κ1) is 15.1. The minimum Gasteiger partial charge on any atom is -0.394 e. The van der Waals surface area contributed by atoms with Gasteiger partial charge in [0.05, 0.1) is 12.6 Å². The summed E-state index contributed by atoms with van der Waals surface area (Å²) in [4.78, 5) is 29.6. The van der Waals surface area contributed by atoms with E-state index in [0.717, 1.165) is 6.92 Å². The van der Waals surface area contributed by atoms with E-state index in [4.69, 9.17) is 10.00 Å². The zero-order chi connectivity index (χ0) is 12.7. The van der Waals surface area contributed by atoms with Gasteiger partial charge < -0.3 is 20.3 Å². The maximum Gasteiger partial charge on any atom is 0.695 e. The number of carbonyl (C=O) groups is 2. The molecule has 0 aromatic rings. The van der Waals surface area contributed by atoms with E-state index in [-0.39, 0.29) is 6.29 Å². The average Bonchev–Trinajstić information content (AvgIpc) is 2.20. The summed E-state index contributed by atoms with van der Waals surface area (Å²) in [6.07, 6.45) is -3.10. The summed E-state index contributed by atoms with van der Waals surface area (Å²) in [5.74, 6) is -0.531. The SMILES string of the molecule is CC(=O)NC(CO)C(O)C(C=O)O[P+](=O)O. The van der Waals surface area contributed by atoms with E-state index >= 15 is 0 Å². The van der Waals surface area contributed by atoms with Gasteiger partial charge in [0, 0.05) is 11.5 Å². The number of hydrogen-bond donors (Lipinski definition) is 4. The highest BCUT2D eigenvalue weighted by molar-refractivity contribution is 7.32. The number of nitrogens with one attached hydrogen (secondary N) is 1. The summed E-state index contributed by atoms with van der Waals surface area (Å²) in [7, 11) is -3.06. The molecular weight excluding hydrogens is 241 g/mol. The monoisotopic (exact) mass is 254 g/mol. The smallest absolute Gasteiger partial charge is 0.394 e. The molecule has 9 heteroatoms. The molecular formula is C7H13NO7P+. The zero-order valence-corrected chi connectivity index (χ0v) is 9.33. The van der Waals surface area contributed by atoms with E-state index in [2.05, 4.69) is 9.84 Å². The molecule has 16 heavy (non-hydrogen) atoms. The number of amides is 1. The first-order chi connectivity index (χ1) is 7.42. The lowest BCUT2D eigenvalue weighted by Crippen LogP contribution is -2.50. The lowest BCUT2D eigenvalue weighted by Gasteiger charge is -2.22. The number of aliphatic hydroxyl groups excluding tert-OH is 2. The fourth-order valence-electron chi connectivity index (χ4n) is 1.00. The van der Waals surface area contributed by atoms with Gasteiger partial charge in [-0.2, -0.15) is 0 Å². The lowest BCUT2D eigenvalue weighted by molar-refractivity contribution is -0.125. The maximum absolute atomic E-state index is 10.7. The molecule has 0 saturated heterocycles. The molecule has 0 aliphatic carbocycles. The van der Waals surface area contributed by atoms with Crippen LogP contribution in [0.25, 0.3) is 0 Å². The first-order valence-corrected chi connectivity index (χ1v) is 5.39. The Balaban J connectivity index is 4.54. The van der Waals surface area contributed by atoms with Crippen molar-refractivity contribution in [3.8, 4) is 0 Å². The van der Waals surface area contributed by atoms with E-state index < -0.39 is 39.0 Å².